The minimum Gasteiger partial charge on any atom is -0.463 e. The first-order valence-corrected chi connectivity index (χ1v) is 11.6. The summed E-state index contributed by atoms with van der Waals surface area (Å²) in [5.74, 6) is 1.97. The molecule has 2 amide bonds. The summed E-state index contributed by atoms with van der Waals surface area (Å²) in [6.07, 6.45) is 5.25. The first-order chi connectivity index (χ1) is 13.0. The fraction of sp³-hybridized carbons (Fsp3) is 0.556. The molecule has 8 nitrogen and oxygen atoms in total. The molecule has 3 rings (SSSR count). The van der Waals surface area contributed by atoms with E-state index in [1.54, 1.807) is 13.8 Å². The van der Waals surface area contributed by atoms with E-state index in [0.29, 0.717) is 28.8 Å². The van der Waals surface area contributed by atoms with Crippen molar-refractivity contribution >= 4 is 33.0 Å². The van der Waals surface area contributed by atoms with Crippen molar-refractivity contribution in [3.63, 3.8) is 0 Å². The first-order valence-electron chi connectivity index (χ1n) is 9.19. The average molecular weight is 427 g/mol. The zero-order valence-electron chi connectivity index (χ0n) is 16.4. The second-order valence-electron chi connectivity index (χ2n) is 7.50. The van der Waals surface area contributed by atoms with Crippen molar-refractivity contribution in [1.82, 2.24) is 4.98 Å². The predicted octanol–water partition coefficient (Wildman–Crippen LogP) is 4.03. The van der Waals surface area contributed by atoms with Crippen molar-refractivity contribution in [3.8, 4) is 0 Å². The van der Waals surface area contributed by atoms with Gasteiger partial charge in [-0.25, -0.2) is 19.1 Å². The minimum atomic E-state index is -3.48. The molecule has 28 heavy (non-hydrogen) atoms. The van der Waals surface area contributed by atoms with Crippen LogP contribution in [-0.2, 0) is 21.9 Å². The van der Waals surface area contributed by atoms with Gasteiger partial charge in [0, 0.05) is 17.9 Å². The van der Waals surface area contributed by atoms with Crippen molar-refractivity contribution in [2.45, 2.75) is 69.1 Å². The quantitative estimate of drug-likeness (QED) is 0.664. The number of nitrogens with one attached hydrogen (secondary N) is 1. The van der Waals surface area contributed by atoms with Crippen LogP contribution in [0.2, 0.25) is 0 Å². The molecule has 4 N–H and O–H groups in total. The number of nitrogens with two attached hydrogens (primary N) is 1. The number of aromatic nitrogens is 1. The number of rotatable bonds is 5. The van der Waals surface area contributed by atoms with E-state index in [9.17, 15) is 14.1 Å². The fourth-order valence-electron chi connectivity index (χ4n) is 3.04. The summed E-state index contributed by atoms with van der Waals surface area (Å²) in [4.78, 5) is 16.5. The predicted molar refractivity (Wildman–Crippen MR) is 109 cm³/mol. The molecular weight excluding hydrogens is 400 g/mol. The third kappa shape index (κ3) is 4.14. The number of hydrogen-bond donors (Lipinski definition) is 3. The van der Waals surface area contributed by atoms with E-state index in [1.165, 1.54) is 12.6 Å². The summed E-state index contributed by atoms with van der Waals surface area (Å²) in [7, 11) is -3.48. The summed E-state index contributed by atoms with van der Waals surface area (Å²) in [5, 5.41) is 18.8. The van der Waals surface area contributed by atoms with E-state index in [1.807, 2.05) is 13.8 Å². The zero-order chi connectivity index (χ0) is 20.7. The van der Waals surface area contributed by atoms with Crippen LogP contribution >= 0.6 is 11.3 Å². The topological polar surface area (TPSA) is 131 Å². The number of aryl methyl sites for hydroxylation is 1. The molecule has 0 bridgehead atoms. The van der Waals surface area contributed by atoms with Crippen LogP contribution in [0.4, 0.5) is 10.5 Å². The fourth-order valence-corrected chi connectivity index (χ4v) is 5.10. The summed E-state index contributed by atoms with van der Waals surface area (Å²) in [5.41, 5.74) is 0.272. The highest BCUT2D eigenvalue weighted by atomic mass is 32.2. The van der Waals surface area contributed by atoms with Gasteiger partial charge in [-0.2, -0.15) is 0 Å². The Morgan fingerprint density at radius 3 is 2.71 bits per heavy atom. The Morgan fingerprint density at radius 2 is 2.21 bits per heavy atom. The molecule has 1 unspecified atom stereocenters. The molecule has 1 aliphatic carbocycles. The Hall–Kier alpha value is -1.75. The molecule has 1 fully saturated rings. The molecular formula is C18H26N4O4S2. The number of hydrogen-bond acceptors (Lipinski definition) is 6. The molecule has 0 aliphatic heterocycles. The molecule has 10 heteroatoms. The van der Waals surface area contributed by atoms with Gasteiger partial charge in [-0.1, -0.05) is 13.3 Å². The van der Waals surface area contributed by atoms with Crippen LogP contribution in [0.15, 0.2) is 19.2 Å². The van der Waals surface area contributed by atoms with Crippen molar-refractivity contribution in [2.24, 2.45) is 9.50 Å². The van der Waals surface area contributed by atoms with Crippen LogP contribution < -0.4 is 10.5 Å². The van der Waals surface area contributed by atoms with Crippen LogP contribution in [-0.4, -0.2) is 20.3 Å². The molecule has 2 aromatic rings. The summed E-state index contributed by atoms with van der Waals surface area (Å²) in [6, 6.07) is -0.801. The van der Waals surface area contributed by atoms with E-state index in [4.69, 9.17) is 9.56 Å². The molecule has 154 valence electrons. The van der Waals surface area contributed by atoms with Gasteiger partial charge in [-0.3, -0.25) is 0 Å². The SMILES string of the molecule is CCc1oc(C2CCC2)c(C)c1NC(=O)N=S(N)(=O)c1cnc(C(C)(C)O)s1. The molecule has 2 heterocycles. The Balaban J connectivity index is 1.85. The van der Waals surface area contributed by atoms with Gasteiger partial charge < -0.3 is 14.8 Å². The van der Waals surface area contributed by atoms with Crippen LogP contribution in [0, 0.1) is 6.92 Å². The Morgan fingerprint density at radius 1 is 1.54 bits per heavy atom. The van der Waals surface area contributed by atoms with Gasteiger partial charge in [0.15, 0.2) is 9.92 Å². The van der Waals surface area contributed by atoms with Crippen LogP contribution in [0.3, 0.4) is 0 Å². The second-order valence-corrected chi connectivity index (χ2v) is 10.6. The van der Waals surface area contributed by atoms with Gasteiger partial charge in [0.2, 0.25) is 0 Å². The lowest BCUT2D eigenvalue weighted by atomic mass is 9.82. The molecule has 0 saturated heterocycles. The lowest BCUT2D eigenvalue weighted by molar-refractivity contribution is 0.0783. The molecule has 1 saturated carbocycles. The molecule has 1 aliphatic rings. The smallest absolute Gasteiger partial charge is 0.355 e. The van der Waals surface area contributed by atoms with Crippen LogP contribution in [0.25, 0.3) is 0 Å². The van der Waals surface area contributed by atoms with Crippen molar-refractivity contribution in [2.75, 3.05) is 5.32 Å². The lowest BCUT2D eigenvalue weighted by Crippen LogP contribution is -2.17. The van der Waals surface area contributed by atoms with Gasteiger partial charge in [-0.15, -0.1) is 15.7 Å². The van der Waals surface area contributed by atoms with E-state index in [2.05, 4.69) is 14.7 Å². The number of thiazole rings is 1. The van der Waals surface area contributed by atoms with E-state index in [-0.39, 0.29) is 4.21 Å². The number of nitrogens with zero attached hydrogens (tertiary/aromatic N) is 2. The van der Waals surface area contributed by atoms with E-state index in [0.717, 1.165) is 35.5 Å². The van der Waals surface area contributed by atoms with Gasteiger partial charge in [0.25, 0.3) is 0 Å². The van der Waals surface area contributed by atoms with Crippen molar-refractivity contribution < 1.29 is 18.5 Å². The van der Waals surface area contributed by atoms with E-state index < -0.39 is 21.5 Å². The number of carbonyl (C=O) groups excluding carboxylic acids is 1. The summed E-state index contributed by atoms with van der Waals surface area (Å²) < 4.78 is 22.5. The van der Waals surface area contributed by atoms with Crippen LogP contribution in [0.1, 0.15) is 68.0 Å². The number of carbonyl (C=O) groups is 1. The number of urea groups is 1. The van der Waals surface area contributed by atoms with E-state index >= 15 is 0 Å². The summed E-state index contributed by atoms with van der Waals surface area (Å²) in [6.45, 7) is 6.97. The third-order valence-corrected chi connectivity index (χ3v) is 7.99. The highest BCUT2D eigenvalue weighted by molar-refractivity contribution is 7.93. The Labute approximate surface area is 168 Å². The van der Waals surface area contributed by atoms with Gasteiger partial charge in [-0.05, 0) is 33.6 Å². The normalized spacial score (nSPS) is 17.1. The number of furan rings is 1. The van der Waals surface area contributed by atoms with Crippen molar-refractivity contribution in [1.29, 1.82) is 0 Å². The highest BCUT2D eigenvalue weighted by Crippen LogP contribution is 2.42. The maximum atomic E-state index is 12.8. The number of aliphatic hydroxyl groups is 1. The number of amides is 2. The average Bonchev–Trinajstić information content (AvgIpc) is 3.14. The van der Waals surface area contributed by atoms with Gasteiger partial charge in [0.05, 0.1) is 11.9 Å². The maximum absolute atomic E-state index is 12.8. The van der Waals surface area contributed by atoms with Gasteiger partial charge >= 0.3 is 6.03 Å². The third-order valence-electron chi connectivity index (χ3n) is 4.80. The maximum Gasteiger partial charge on any atom is 0.355 e. The lowest BCUT2D eigenvalue weighted by Gasteiger charge is -2.23. The minimum absolute atomic E-state index is 0.134. The van der Waals surface area contributed by atoms with Crippen molar-refractivity contribution in [3.05, 3.63) is 28.3 Å². The Kier molecular flexibility index (Phi) is 5.68. The highest BCUT2D eigenvalue weighted by Gasteiger charge is 2.29. The molecule has 0 radical (unpaired) electrons. The molecule has 1 atom stereocenters. The molecule has 0 spiro atoms. The Bertz CT molecular complexity index is 1010. The summed E-state index contributed by atoms with van der Waals surface area (Å²) >= 11 is 0.971. The standard InChI is InChI=1S/C18H26N4O4S2/c1-5-12-14(10(2)15(26-12)11-7-6-8-11)21-17(23)22-28(19,25)13-9-20-16(27-13)18(3,4)24/h9,11,24H,5-8H2,1-4H3,(H3,19,21,22,23,25). The molecule has 2 aromatic heterocycles. The first kappa shape index (κ1) is 21.0. The largest absolute Gasteiger partial charge is 0.463 e. The zero-order valence-corrected chi connectivity index (χ0v) is 18.1. The molecule has 0 aromatic carbocycles. The van der Waals surface area contributed by atoms with Crippen LogP contribution in [0.5, 0.6) is 0 Å². The van der Waals surface area contributed by atoms with Gasteiger partial charge in [0.1, 0.15) is 26.3 Å². The second kappa shape index (κ2) is 7.58. The monoisotopic (exact) mass is 426 g/mol. The number of anilines is 1.